The molecule has 0 amide bonds. The van der Waals surface area contributed by atoms with Crippen LogP contribution in [0, 0.1) is 56.2 Å². The van der Waals surface area contributed by atoms with Gasteiger partial charge in [0.15, 0.2) is 0 Å². The Bertz CT molecular complexity index is 1410. The molecule has 5 aliphatic carbocycles. The van der Waals surface area contributed by atoms with Gasteiger partial charge >= 0.3 is 17.9 Å². The van der Waals surface area contributed by atoms with Crippen molar-refractivity contribution in [3.05, 3.63) is 35.4 Å². The molecule has 7 rings (SSSR count). The number of carboxylic acids is 1. The van der Waals surface area contributed by atoms with Crippen molar-refractivity contribution in [3.8, 4) is 0 Å². The van der Waals surface area contributed by atoms with Crippen molar-refractivity contribution in [2.24, 2.45) is 56.2 Å². The van der Waals surface area contributed by atoms with E-state index in [1.165, 1.54) is 18.9 Å². The molecule has 6 aliphatic rings. The van der Waals surface area contributed by atoms with E-state index in [1.54, 1.807) is 18.2 Å². The van der Waals surface area contributed by atoms with E-state index in [1.807, 2.05) is 0 Å². The molecule has 6 fully saturated rings. The van der Waals surface area contributed by atoms with Crippen molar-refractivity contribution in [1.82, 2.24) is 0 Å². The predicted molar refractivity (Wildman–Crippen MR) is 167 cm³/mol. The fraction of sp³-hybridized carbons (Fsp3) is 0.763. The second kappa shape index (κ2) is 9.35. The van der Waals surface area contributed by atoms with E-state index in [-0.39, 0.29) is 61.8 Å². The number of rotatable bonds is 3. The Morgan fingerprint density at radius 1 is 0.795 bits per heavy atom. The van der Waals surface area contributed by atoms with Crippen molar-refractivity contribution in [2.75, 3.05) is 0 Å². The maximum atomic E-state index is 13.5. The molecule has 10 atom stereocenters. The fourth-order valence-corrected chi connectivity index (χ4v) is 13.1. The van der Waals surface area contributed by atoms with Crippen LogP contribution in [0.1, 0.15) is 133 Å². The predicted octanol–water partition coefficient (Wildman–Crippen LogP) is 8.33. The molecule has 1 aromatic rings. The molecule has 240 valence electrons. The zero-order valence-electron chi connectivity index (χ0n) is 27.8. The van der Waals surface area contributed by atoms with E-state index in [9.17, 15) is 19.5 Å². The number of hydrogen-bond donors (Lipinski definition) is 1. The SMILES string of the molecule is CC1(C)CC[C@]23CC[C@]4(C)[C@@H](CC[C@@H]5[C@]6(C)CC[C@@H](OC(=O)c7ccccc7C(=O)O)C(C)(C)[C@H]6CC[C@@]54C)[C@@H]2[C@H]1OC3=O. The molecular weight excluding hydrogens is 552 g/mol. The number of fused-ring (bicyclic) bond motifs is 5. The van der Waals surface area contributed by atoms with E-state index < -0.39 is 11.9 Å². The highest BCUT2D eigenvalue weighted by atomic mass is 16.6. The summed E-state index contributed by atoms with van der Waals surface area (Å²) in [4.78, 5) is 38.7. The normalized spacial score (nSPS) is 46.4. The van der Waals surface area contributed by atoms with Gasteiger partial charge in [0.1, 0.15) is 12.2 Å². The van der Waals surface area contributed by atoms with Crippen LogP contribution in [0.25, 0.3) is 0 Å². The van der Waals surface area contributed by atoms with Crippen LogP contribution < -0.4 is 0 Å². The van der Waals surface area contributed by atoms with Gasteiger partial charge in [-0.05, 0) is 110 Å². The smallest absolute Gasteiger partial charge is 0.339 e. The second-order valence-electron chi connectivity index (χ2n) is 17.8. The van der Waals surface area contributed by atoms with E-state index >= 15 is 0 Å². The maximum Gasteiger partial charge on any atom is 0.339 e. The first kappa shape index (κ1) is 30.3. The Hall–Kier alpha value is -2.37. The first-order valence-electron chi connectivity index (χ1n) is 17.3. The monoisotopic (exact) mass is 604 g/mol. The quantitative estimate of drug-likeness (QED) is 0.349. The van der Waals surface area contributed by atoms with Gasteiger partial charge in [0.25, 0.3) is 0 Å². The summed E-state index contributed by atoms with van der Waals surface area (Å²) in [6.07, 6.45) is 10.3. The first-order chi connectivity index (χ1) is 20.5. The number of aromatic carboxylic acids is 1. The van der Waals surface area contributed by atoms with Crippen molar-refractivity contribution >= 4 is 17.9 Å². The maximum absolute atomic E-state index is 13.5. The second-order valence-corrected chi connectivity index (χ2v) is 17.8. The number of carboxylic acid groups (broad SMARTS) is 1. The zero-order valence-corrected chi connectivity index (χ0v) is 27.8. The van der Waals surface area contributed by atoms with Crippen LogP contribution in [0.4, 0.5) is 0 Å². The fourth-order valence-electron chi connectivity index (χ4n) is 13.1. The van der Waals surface area contributed by atoms with Gasteiger partial charge in [-0.3, -0.25) is 4.79 Å². The summed E-state index contributed by atoms with van der Waals surface area (Å²) in [5.74, 6) is 0.269. The number of esters is 2. The summed E-state index contributed by atoms with van der Waals surface area (Å²) in [5, 5.41) is 9.65. The third-order valence-electron chi connectivity index (χ3n) is 15.6. The highest BCUT2D eigenvalue weighted by Gasteiger charge is 2.75. The van der Waals surface area contributed by atoms with Crippen LogP contribution in [0.15, 0.2) is 24.3 Å². The molecule has 0 unspecified atom stereocenters. The van der Waals surface area contributed by atoms with Gasteiger partial charge in [0.05, 0.1) is 16.5 Å². The summed E-state index contributed by atoms with van der Waals surface area (Å²) >= 11 is 0. The third kappa shape index (κ3) is 3.69. The Morgan fingerprint density at radius 3 is 2.18 bits per heavy atom. The minimum atomic E-state index is -1.11. The highest BCUT2D eigenvalue weighted by molar-refractivity contribution is 6.02. The molecule has 5 saturated carbocycles. The Labute approximate surface area is 263 Å². The molecule has 0 spiro atoms. The molecule has 1 N–H and O–H groups in total. The van der Waals surface area contributed by atoms with Gasteiger partial charge in [-0.15, -0.1) is 0 Å². The molecular formula is C38H52O6. The van der Waals surface area contributed by atoms with Crippen LogP contribution in [-0.4, -0.2) is 35.2 Å². The van der Waals surface area contributed by atoms with E-state index in [4.69, 9.17) is 9.47 Å². The molecule has 1 aliphatic heterocycles. The Balaban J connectivity index is 1.17. The molecule has 1 heterocycles. The van der Waals surface area contributed by atoms with Crippen molar-refractivity contribution in [2.45, 2.75) is 125 Å². The lowest BCUT2D eigenvalue weighted by Crippen LogP contribution is -2.68. The van der Waals surface area contributed by atoms with Crippen LogP contribution in [0.5, 0.6) is 0 Å². The minimum absolute atomic E-state index is 0.00876. The lowest BCUT2D eigenvalue weighted by molar-refractivity contribution is -0.252. The summed E-state index contributed by atoms with van der Waals surface area (Å²) < 4.78 is 12.5. The van der Waals surface area contributed by atoms with Crippen molar-refractivity contribution < 1.29 is 29.0 Å². The van der Waals surface area contributed by atoms with E-state index in [0.29, 0.717) is 23.7 Å². The molecule has 0 aromatic heterocycles. The average molecular weight is 605 g/mol. The lowest BCUT2D eigenvalue weighted by Gasteiger charge is -2.73. The van der Waals surface area contributed by atoms with Crippen LogP contribution in [0.2, 0.25) is 0 Å². The van der Waals surface area contributed by atoms with E-state index in [2.05, 4.69) is 48.5 Å². The Kier molecular flexibility index (Phi) is 6.43. The largest absolute Gasteiger partial charge is 0.478 e. The molecule has 1 aromatic carbocycles. The van der Waals surface area contributed by atoms with Gasteiger partial charge in [-0.25, -0.2) is 9.59 Å². The number of carbonyl (C=O) groups excluding carboxylic acids is 2. The summed E-state index contributed by atoms with van der Waals surface area (Å²) in [5.41, 5.74) is 0.109. The van der Waals surface area contributed by atoms with Crippen LogP contribution in [0.3, 0.4) is 0 Å². The van der Waals surface area contributed by atoms with Gasteiger partial charge in [-0.1, -0.05) is 60.6 Å². The molecule has 1 saturated heterocycles. The third-order valence-corrected chi connectivity index (χ3v) is 15.6. The summed E-state index contributed by atoms with van der Waals surface area (Å²) in [6.45, 7) is 16.9. The summed E-state index contributed by atoms with van der Waals surface area (Å²) in [7, 11) is 0. The number of carbonyl (C=O) groups is 3. The number of benzene rings is 1. The van der Waals surface area contributed by atoms with Gasteiger partial charge in [0.2, 0.25) is 0 Å². The number of ether oxygens (including phenoxy) is 2. The lowest BCUT2D eigenvalue weighted by atomic mass is 9.31. The zero-order chi connectivity index (χ0) is 31.7. The molecule has 6 heteroatoms. The standard InChI is InChI=1S/C38H52O6/c1-33(2)18-20-38-21-19-36(6)24(28(38)29(33)44-32(38)42)12-13-26-35(5)16-15-27(34(3,4)25(35)14-17-37(26,36)7)43-31(41)23-11-9-8-10-22(23)30(39)40/h8-11,24-29H,12-21H2,1-7H3,(H,39,40)/t24-,25+,26+,27+,28+,29+,35+,36+,37-,38-/m0/s1. The molecule has 6 nitrogen and oxygen atoms in total. The molecule has 2 bridgehead atoms. The molecule has 0 radical (unpaired) electrons. The van der Waals surface area contributed by atoms with Crippen LogP contribution >= 0.6 is 0 Å². The van der Waals surface area contributed by atoms with Gasteiger partial charge in [-0.2, -0.15) is 0 Å². The van der Waals surface area contributed by atoms with E-state index in [0.717, 1.165) is 51.4 Å². The highest BCUT2D eigenvalue weighted by Crippen LogP contribution is 2.78. The molecule has 44 heavy (non-hydrogen) atoms. The Morgan fingerprint density at radius 2 is 1.48 bits per heavy atom. The van der Waals surface area contributed by atoms with Crippen molar-refractivity contribution in [1.29, 1.82) is 0 Å². The first-order valence-corrected chi connectivity index (χ1v) is 17.3. The topological polar surface area (TPSA) is 89.9 Å². The van der Waals surface area contributed by atoms with Crippen molar-refractivity contribution in [3.63, 3.8) is 0 Å². The minimum Gasteiger partial charge on any atom is -0.478 e. The van der Waals surface area contributed by atoms with Gasteiger partial charge in [0, 0.05) is 16.7 Å². The summed E-state index contributed by atoms with van der Waals surface area (Å²) in [6, 6.07) is 6.36. The van der Waals surface area contributed by atoms with Gasteiger partial charge < -0.3 is 14.6 Å². The average Bonchev–Trinajstić information content (AvgIpc) is 3.22. The van der Waals surface area contributed by atoms with Crippen LogP contribution in [-0.2, 0) is 14.3 Å². The number of hydrogen-bond acceptors (Lipinski definition) is 5.